The Bertz CT molecular complexity index is 864. The zero-order valence-electron chi connectivity index (χ0n) is 14.4. The summed E-state index contributed by atoms with van der Waals surface area (Å²) >= 11 is 1.49. The molecule has 1 atom stereocenters. The maximum absolute atomic E-state index is 12.1. The van der Waals surface area contributed by atoms with Gasteiger partial charge in [0.1, 0.15) is 18.3 Å². The van der Waals surface area contributed by atoms with Gasteiger partial charge in [-0.15, -0.1) is 11.3 Å². The van der Waals surface area contributed by atoms with Crippen molar-refractivity contribution >= 4 is 16.3 Å². The van der Waals surface area contributed by atoms with E-state index in [1.165, 1.54) is 22.5 Å². The monoisotopic (exact) mass is 342 g/mol. The van der Waals surface area contributed by atoms with Gasteiger partial charge in [-0.3, -0.25) is 9.20 Å². The fraction of sp³-hybridized carbons (Fsp3) is 0.368. The summed E-state index contributed by atoms with van der Waals surface area (Å²) in [5.74, 6) is 0.504. The van der Waals surface area contributed by atoms with Crippen LogP contribution in [-0.4, -0.2) is 9.38 Å². The van der Waals surface area contributed by atoms with Gasteiger partial charge in [-0.05, 0) is 12.0 Å². The number of hydrogen-bond donors (Lipinski definition) is 1. The topological polar surface area (TPSA) is 51.0 Å². The Balaban J connectivity index is 1.78. The van der Waals surface area contributed by atoms with Crippen LogP contribution in [0.25, 0.3) is 4.96 Å². The van der Waals surface area contributed by atoms with Gasteiger partial charge in [0.2, 0.25) is 0 Å². The van der Waals surface area contributed by atoms with Crippen LogP contribution in [0.1, 0.15) is 43.6 Å². The smallest absolute Gasteiger partial charge is 0.258 e. The molecule has 2 heterocycles. The molecule has 0 radical (unpaired) electrons. The van der Waals surface area contributed by atoms with Crippen LogP contribution in [-0.2, 0) is 13.0 Å². The summed E-state index contributed by atoms with van der Waals surface area (Å²) in [5.41, 5.74) is 3.53. The van der Waals surface area contributed by atoms with E-state index < -0.39 is 0 Å². The lowest BCUT2D eigenvalue weighted by molar-refractivity contribution is -0.717. The van der Waals surface area contributed by atoms with Gasteiger partial charge in [0.05, 0.1) is 0 Å². The van der Waals surface area contributed by atoms with E-state index >= 15 is 0 Å². The number of hydrogen-bond acceptors (Lipinski definition) is 3. The lowest BCUT2D eigenvalue weighted by Crippen LogP contribution is -2.84. The Hall–Kier alpha value is -1.98. The minimum atomic E-state index is -0.00181. The molecular formula is C19H24N3OS+. The third kappa shape index (κ3) is 3.57. The molecule has 126 valence electrons. The van der Waals surface area contributed by atoms with Crippen molar-refractivity contribution in [1.82, 2.24) is 9.38 Å². The Morgan fingerprint density at radius 3 is 2.67 bits per heavy atom. The first-order valence-electron chi connectivity index (χ1n) is 8.46. The molecule has 0 saturated carbocycles. The zero-order chi connectivity index (χ0) is 17.1. The average molecular weight is 342 g/mol. The molecule has 1 aromatic carbocycles. The van der Waals surface area contributed by atoms with E-state index in [1.807, 2.05) is 5.38 Å². The summed E-state index contributed by atoms with van der Waals surface area (Å²) in [4.78, 5) is 17.5. The summed E-state index contributed by atoms with van der Waals surface area (Å²) in [6.45, 7) is 7.35. The highest BCUT2D eigenvalue weighted by Gasteiger charge is 2.19. The predicted octanol–water partition coefficient (Wildman–Crippen LogP) is 2.78. The number of aromatic nitrogens is 2. The molecule has 3 aromatic rings. The molecule has 0 aliphatic heterocycles. The van der Waals surface area contributed by atoms with Crippen molar-refractivity contribution in [2.45, 2.75) is 39.8 Å². The lowest BCUT2D eigenvalue weighted by atomic mass is 9.95. The highest BCUT2D eigenvalue weighted by molar-refractivity contribution is 7.15. The molecule has 0 bridgehead atoms. The number of nitrogens with two attached hydrogens (primary N) is 1. The van der Waals surface area contributed by atoms with Gasteiger partial charge in [0, 0.05) is 29.1 Å². The Morgan fingerprint density at radius 1 is 1.25 bits per heavy atom. The van der Waals surface area contributed by atoms with Crippen LogP contribution in [0, 0.1) is 5.92 Å². The maximum atomic E-state index is 12.1. The second kappa shape index (κ2) is 7.28. The van der Waals surface area contributed by atoms with Crippen molar-refractivity contribution in [3.05, 3.63) is 69.1 Å². The fourth-order valence-electron chi connectivity index (χ4n) is 3.01. The van der Waals surface area contributed by atoms with Crippen LogP contribution in [0.2, 0.25) is 0 Å². The van der Waals surface area contributed by atoms with Gasteiger partial charge in [0.25, 0.3) is 5.56 Å². The summed E-state index contributed by atoms with van der Waals surface area (Å²) in [6.07, 6.45) is 2.83. The molecule has 0 unspecified atom stereocenters. The zero-order valence-corrected chi connectivity index (χ0v) is 15.2. The van der Waals surface area contributed by atoms with Crippen LogP contribution < -0.4 is 10.9 Å². The van der Waals surface area contributed by atoms with Crippen LogP contribution in [0.4, 0.5) is 0 Å². The first-order valence-corrected chi connectivity index (χ1v) is 9.34. The molecule has 4 nitrogen and oxygen atoms in total. The molecule has 0 spiro atoms. The molecule has 0 fully saturated rings. The summed E-state index contributed by atoms with van der Waals surface area (Å²) in [5, 5.41) is 4.18. The van der Waals surface area contributed by atoms with Crippen molar-refractivity contribution in [2.24, 2.45) is 5.92 Å². The highest BCUT2D eigenvalue weighted by Crippen LogP contribution is 2.18. The van der Waals surface area contributed by atoms with Crippen molar-refractivity contribution in [3.8, 4) is 0 Å². The fourth-order valence-corrected chi connectivity index (χ4v) is 3.75. The van der Waals surface area contributed by atoms with Crippen LogP contribution in [0.15, 0.2) is 46.7 Å². The predicted molar refractivity (Wildman–Crippen MR) is 98.4 cm³/mol. The van der Waals surface area contributed by atoms with Gasteiger partial charge >= 0.3 is 0 Å². The second-order valence-corrected chi connectivity index (χ2v) is 7.32. The molecule has 0 aliphatic rings. The van der Waals surface area contributed by atoms with E-state index in [-0.39, 0.29) is 5.56 Å². The molecule has 2 N–H and O–H groups in total. The number of quaternary nitrogens is 1. The van der Waals surface area contributed by atoms with Crippen LogP contribution in [0.3, 0.4) is 0 Å². The molecule has 0 saturated heterocycles. The van der Waals surface area contributed by atoms with Gasteiger partial charge in [-0.2, -0.15) is 0 Å². The minimum Gasteiger partial charge on any atom is -0.335 e. The van der Waals surface area contributed by atoms with E-state index in [9.17, 15) is 4.79 Å². The third-order valence-corrected chi connectivity index (χ3v) is 5.18. The first kappa shape index (κ1) is 16.9. The number of rotatable bonds is 6. The van der Waals surface area contributed by atoms with E-state index in [1.54, 1.807) is 16.7 Å². The summed E-state index contributed by atoms with van der Waals surface area (Å²) in [6, 6.07) is 10.9. The average Bonchev–Trinajstić information content (AvgIpc) is 3.04. The molecule has 3 rings (SSSR count). The summed E-state index contributed by atoms with van der Waals surface area (Å²) in [7, 11) is 0. The number of aryl methyl sites for hydroxylation is 1. The lowest BCUT2D eigenvalue weighted by Gasteiger charge is -2.19. The second-order valence-electron chi connectivity index (χ2n) is 6.45. The summed E-state index contributed by atoms with van der Waals surface area (Å²) < 4.78 is 1.59. The van der Waals surface area contributed by atoms with Gasteiger partial charge in [-0.25, -0.2) is 4.98 Å². The van der Waals surface area contributed by atoms with Gasteiger partial charge in [-0.1, -0.05) is 45.0 Å². The van der Waals surface area contributed by atoms with Crippen molar-refractivity contribution in [1.29, 1.82) is 0 Å². The normalized spacial score (nSPS) is 12.8. The minimum absolute atomic E-state index is 0.00181. The number of fused-ring (bicyclic) bond motifs is 1. The first-order chi connectivity index (χ1) is 11.6. The molecule has 0 aliphatic carbocycles. The molecular weight excluding hydrogens is 318 g/mol. The van der Waals surface area contributed by atoms with Crippen LogP contribution >= 0.6 is 11.3 Å². The molecule has 2 aromatic heterocycles. The van der Waals surface area contributed by atoms with E-state index in [2.05, 4.69) is 55.3 Å². The Morgan fingerprint density at radius 2 is 2.00 bits per heavy atom. The number of thiazole rings is 1. The van der Waals surface area contributed by atoms with Crippen molar-refractivity contribution in [3.63, 3.8) is 0 Å². The largest absolute Gasteiger partial charge is 0.335 e. The quantitative estimate of drug-likeness (QED) is 0.749. The number of nitrogens with zero attached hydrogens (tertiary/aromatic N) is 2. The Labute approximate surface area is 146 Å². The standard InChI is InChI=1S/C19H23N3OS/c1-4-14-5-7-15(8-6-14)18(13(2)3)20-12-16-11-17(23)22-9-10-24-19(22)21-16/h5-11,13,18,20H,4,12H2,1-3H3/p+1/t18-/m0/s1. The molecule has 24 heavy (non-hydrogen) atoms. The van der Waals surface area contributed by atoms with Crippen molar-refractivity contribution in [2.75, 3.05) is 0 Å². The van der Waals surface area contributed by atoms with E-state index in [4.69, 9.17) is 0 Å². The van der Waals surface area contributed by atoms with Crippen molar-refractivity contribution < 1.29 is 5.32 Å². The third-order valence-electron chi connectivity index (χ3n) is 4.43. The Kier molecular flexibility index (Phi) is 5.11. The van der Waals surface area contributed by atoms with Gasteiger partial charge in [0.15, 0.2) is 4.96 Å². The van der Waals surface area contributed by atoms with E-state index in [0.717, 1.165) is 17.1 Å². The van der Waals surface area contributed by atoms with E-state index in [0.29, 0.717) is 18.5 Å². The molecule has 0 amide bonds. The SMILES string of the molecule is CCc1ccc([C@@H]([NH2+]Cc2cc(=O)n3ccsc3n2)C(C)C)cc1. The molecule has 5 heteroatoms. The maximum Gasteiger partial charge on any atom is 0.258 e. The van der Waals surface area contributed by atoms with Crippen LogP contribution in [0.5, 0.6) is 0 Å². The highest BCUT2D eigenvalue weighted by atomic mass is 32.1. The number of benzene rings is 1. The van der Waals surface area contributed by atoms with Gasteiger partial charge < -0.3 is 5.32 Å².